The Bertz CT molecular complexity index is 742. The SMILES string of the molecule is CCN(CC(=O)Nc1ccccc1N1CCOCC1)c1cccc(C)c1. The molecule has 0 aliphatic carbocycles. The maximum atomic E-state index is 12.7. The van der Waals surface area contributed by atoms with Crippen LogP contribution >= 0.6 is 0 Å². The molecule has 5 nitrogen and oxygen atoms in total. The molecule has 1 saturated heterocycles. The number of nitrogens with zero attached hydrogens (tertiary/aromatic N) is 2. The summed E-state index contributed by atoms with van der Waals surface area (Å²) in [6, 6.07) is 16.2. The van der Waals surface area contributed by atoms with E-state index in [1.807, 2.05) is 30.3 Å². The van der Waals surface area contributed by atoms with Crippen molar-refractivity contribution in [1.29, 1.82) is 0 Å². The highest BCUT2D eigenvalue weighted by molar-refractivity contribution is 5.97. The quantitative estimate of drug-likeness (QED) is 0.865. The summed E-state index contributed by atoms with van der Waals surface area (Å²) in [5.41, 5.74) is 4.19. The Balaban J connectivity index is 1.69. The predicted octanol–water partition coefficient (Wildman–Crippen LogP) is 3.30. The number of amides is 1. The van der Waals surface area contributed by atoms with Crippen LogP contribution in [0.5, 0.6) is 0 Å². The minimum Gasteiger partial charge on any atom is -0.378 e. The third-order valence-corrected chi connectivity index (χ3v) is 4.61. The van der Waals surface area contributed by atoms with Crippen LogP contribution in [-0.4, -0.2) is 45.3 Å². The Kier molecular flexibility index (Phi) is 6.12. The van der Waals surface area contributed by atoms with Crippen LogP contribution in [0.1, 0.15) is 12.5 Å². The van der Waals surface area contributed by atoms with Gasteiger partial charge in [0, 0.05) is 25.3 Å². The Morgan fingerprint density at radius 3 is 2.65 bits per heavy atom. The predicted molar refractivity (Wildman–Crippen MR) is 107 cm³/mol. The molecule has 1 amide bonds. The van der Waals surface area contributed by atoms with Gasteiger partial charge in [0.1, 0.15) is 0 Å². The van der Waals surface area contributed by atoms with E-state index in [1.165, 1.54) is 5.56 Å². The summed E-state index contributed by atoms with van der Waals surface area (Å²) >= 11 is 0. The average molecular weight is 353 g/mol. The molecule has 1 aliphatic heterocycles. The fraction of sp³-hybridized carbons (Fsp3) is 0.381. The van der Waals surface area contributed by atoms with E-state index in [2.05, 4.69) is 47.2 Å². The second kappa shape index (κ2) is 8.72. The number of nitrogens with one attached hydrogen (secondary N) is 1. The van der Waals surface area contributed by atoms with Gasteiger partial charge in [-0.2, -0.15) is 0 Å². The van der Waals surface area contributed by atoms with Crippen molar-refractivity contribution in [1.82, 2.24) is 0 Å². The van der Waals surface area contributed by atoms with Crippen LogP contribution in [-0.2, 0) is 9.53 Å². The van der Waals surface area contributed by atoms with E-state index in [1.54, 1.807) is 0 Å². The van der Waals surface area contributed by atoms with E-state index in [0.29, 0.717) is 6.54 Å². The smallest absolute Gasteiger partial charge is 0.243 e. The molecule has 2 aromatic rings. The van der Waals surface area contributed by atoms with Gasteiger partial charge in [0.15, 0.2) is 0 Å². The van der Waals surface area contributed by atoms with E-state index in [0.717, 1.165) is 49.9 Å². The average Bonchev–Trinajstić information content (AvgIpc) is 2.67. The molecule has 1 N–H and O–H groups in total. The summed E-state index contributed by atoms with van der Waals surface area (Å²) in [6.07, 6.45) is 0. The van der Waals surface area contributed by atoms with E-state index in [-0.39, 0.29) is 5.91 Å². The summed E-state index contributed by atoms with van der Waals surface area (Å²) in [5.74, 6) is -0.00549. The first-order valence-electron chi connectivity index (χ1n) is 9.20. The molecule has 0 spiro atoms. The number of anilines is 3. The number of rotatable bonds is 6. The number of benzene rings is 2. The van der Waals surface area contributed by atoms with Gasteiger partial charge in [-0.3, -0.25) is 4.79 Å². The van der Waals surface area contributed by atoms with Crippen molar-refractivity contribution in [2.45, 2.75) is 13.8 Å². The van der Waals surface area contributed by atoms with Gasteiger partial charge >= 0.3 is 0 Å². The Morgan fingerprint density at radius 2 is 1.92 bits per heavy atom. The van der Waals surface area contributed by atoms with Crippen LogP contribution < -0.4 is 15.1 Å². The number of para-hydroxylation sites is 2. The van der Waals surface area contributed by atoms with Crippen LogP contribution in [0.2, 0.25) is 0 Å². The number of aryl methyl sites for hydroxylation is 1. The molecule has 138 valence electrons. The lowest BCUT2D eigenvalue weighted by molar-refractivity contribution is -0.115. The summed E-state index contributed by atoms with van der Waals surface area (Å²) in [5, 5.41) is 3.09. The maximum absolute atomic E-state index is 12.7. The number of ether oxygens (including phenoxy) is 1. The lowest BCUT2D eigenvalue weighted by Crippen LogP contribution is -2.37. The number of carbonyl (C=O) groups excluding carboxylic acids is 1. The number of carbonyl (C=O) groups is 1. The zero-order chi connectivity index (χ0) is 18.4. The molecular formula is C21H27N3O2. The summed E-state index contributed by atoms with van der Waals surface area (Å²) in [4.78, 5) is 17.0. The Hall–Kier alpha value is -2.53. The van der Waals surface area contributed by atoms with Gasteiger partial charge in [-0.25, -0.2) is 0 Å². The van der Waals surface area contributed by atoms with Gasteiger partial charge in [-0.1, -0.05) is 24.3 Å². The van der Waals surface area contributed by atoms with Crippen LogP contribution in [0.15, 0.2) is 48.5 Å². The molecule has 2 aromatic carbocycles. The highest BCUT2D eigenvalue weighted by Gasteiger charge is 2.17. The van der Waals surface area contributed by atoms with Gasteiger partial charge in [-0.05, 0) is 43.7 Å². The number of hydrogen-bond donors (Lipinski definition) is 1. The molecule has 0 saturated carbocycles. The van der Waals surface area contributed by atoms with Crippen molar-refractivity contribution in [3.63, 3.8) is 0 Å². The molecule has 1 heterocycles. The molecule has 1 aliphatic rings. The van der Waals surface area contributed by atoms with Gasteiger partial charge < -0.3 is 19.9 Å². The molecule has 3 rings (SSSR count). The zero-order valence-corrected chi connectivity index (χ0v) is 15.6. The first kappa shape index (κ1) is 18.3. The Labute approximate surface area is 155 Å². The van der Waals surface area contributed by atoms with Gasteiger partial charge in [0.25, 0.3) is 0 Å². The van der Waals surface area contributed by atoms with Crippen molar-refractivity contribution >= 4 is 23.0 Å². The normalized spacial score (nSPS) is 14.2. The van der Waals surface area contributed by atoms with E-state index in [4.69, 9.17) is 4.74 Å². The van der Waals surface area contributed by atoms with Crippen molar-refractivity contribution in [2.75, 3.05) is 54.5 Å². The van der Waals surface area contributed by atoms with Crippen molar-refractivity contribution in [3.8, 4) is 0 Å². The third kappa shape index (κ3) is 4.55. The highest BCUT2D eigenvalue weighted by Crippen LogP contribution is 2.26. The largest absolute Gasteiger partial charge is 0.378 e. The second-order valence-electron chi connectivity index (χ2n) is 6.52. The fourth-order valence-corrected chi connectivity index (χ4v) is 3.23. The number of morpholine rings is 1. The first-order valence-corrected chi connectivity index (χ1v) is 9.20. The summed E-state index contributed by atoms with van der Waals surface area (Å²) < 4.78 is 5.43. The molecular weight excluding hydrogens is 326 g/mol. The second-order valence-corrected chi connectivity index (χ2v) is 6.52. The van der Waals surface area contributed by atoms with E-state index >= 15 is 0 Å². The van der Waals surface area contributed by atoms with Gasteiger partial charge in [-0.15, -0.1) is 0 Å². The molecule has 1 fully saturated rings. The van der Waals surface area contributed by atoms with Crippen molar-refractivity contribution in [3.05, 3.63) is 54.1 Å². The zero-order valence-electron chi connectivity index (χ0n) is 15.6. The monoisotopic (exact) mass is 353 g/mol. The van der Waals surface area contributed by atoms with Crippen molar-refractivity contribution < 1.29 is 9.53 Å². The minimum absolute atomic E-state index is 0.00549. The molecule has 0 bridgehead atoms. The lowest BCUT2D eigenvalue weighted by Gasteiger charge is -2.30. The first-order chi connectivity index (χ1) is 12.7. The maximum Gasteiger partial charge on any atom is 0.243 e. The summed E-state index contributed by atoms with van der Waals surface area (Å²) in [7, 11) is 0. The molecule has 26 heavy (non-hydrogen) atoms. The van der Waals surface area contributed by atoms with Crippen LogP contribution in [0.3, 0.4) is 0 Å². The standard InChI is InChI=1S/C21H27N3O2/c1-3-23(18-8-6-7-17(2)15-18)16-21(25)22-19-9-4-5-10-20(19)24-11-13-26-14-12-24/h4-10,15H,3,11-14,16H2,1-2H3,(H,22,25). The van der Waals surface area contributed by atoms with Crippen molar-refractivity contribution in [2.24, 2.45) is 0 Å². The molecule has 0 atom stereocenters. The molecule has 0 radical (unpaired) electrons. The Morgan fingerprint density at radius 1 is 1.15 bits per heavy atom. The van der Waals surface area contributed by atoms with E-state index in [9.17, 15) is 4.79 Å². The number of likely N-dealkylation sites (N-methyl/N-ethyl adjacent to an activating group) is 1. The summed E-state index contributed by atoms with van der Waals surface area (Å²) in [6.45, 7) is 8.37. The fourth-order valence-electron chi connectivity index (χ4n) is 3.23. The molecule has 0 aromatic heterocycles. The molecule has 0 unspecified atom stereocenters. The minimum atomic E-state index is -0.00549. The number of hydrogen-bond acceptors (Lipinski definition) is 4. The van der Waals surface area contributed by atoms with Gasteiger partial charge in [0.2, 0.25) is 5.91 Å². The van der Waals surface area contributed by atoms with E-state index < -0.39 is 0 Å². The third-order valence-electron chi connectivity index (χ3n) is 4.61. The lowest BCUT2D eigenvalue weighted by atomic mass is 10.2. The van der Waals surface area contributed by atoms with Crippen LogP contribution in [0.4, 0.5) is 17.1 Å². The highest BCUT2D eigenvalue weighted by atomic mass is 16.5. The van der Waals surface area contributed by atoms with Crippen LogP contribution in [0, 0.1) is 6.92 Å². The van der Waals surface area contributed by atoms with Crippen LogP contribution in [0.25, 0.3) is 0 Å². The topological polar surface area (TPSA) is 44.8 Å². The van der Waals surface area contributed by atoms with Gasteiger partial charge in [0.05, 0.1) is 31.1 Å². The molecule has 5 heteroatoms.